The summed E-state index contributed by atoms with van der Waals surface area (Å²) in [7, 11) is -3.45. The molecule has 8 heteroatoms. The maximum atomic E-state index is 12.2. The predicted molar refractivity (Wildman–Crippen MR) is 96.0 cm³/mol. The molecule has 1 unspecified atom stereocenters. The van der Waals surface area contributed by atoms with Crippen molar-refractivity contribution in [3.8, 4) is 11.5 Å². The quantitative estimate of drug-likeness (QED) is 0.747. The number of anilines is 1. The van der Waals surface area contributed by atoms with Crippen LogP contribution in [0.1, 0.15) is 13.8 Å². The van der Waals surface area contributed by atoms with Crippen LogP contribution in [0.15, 0.2) is 47.4 Å². The van der Waals surface area contributed by atoms with Crippen molar-refractivity contribution in [3.05, 3.63) is 47.5 Å². The smallest absolute Gasteiger partial charge is 0.265 e. The van der Waals surface area contributed by atoms with Gasteiger partial charge in [0.1, 0.15) is 11.5 Å². The van der Waals surface area contributed by atoms with Crippen LogP contribution in [0, 0.1) is 0 Å². The van der Waals surface area contributed by atoms with Gasteiger partial charge in [0.15, 0.2) is 15.9 Å². The molecule has 2 aromatic carbocycles. The van der Waals surface area contributed by atoms with E-state index in [9.17, 15) is 18.3 Å². The zero-order valence-corrected chi connectivity index (χ0v) is 15.3. The summed E-state index contributed by atoms with van der Waals surface area (Å²) in [5.74, 6) is -0.390. The van der Waals surface area contributed by atoms with Gasteiger partial charge in [-0.3, -0.25) is 4.79 Å². The molecule has 0 aliphatic heterocycles. The van der Waals surface area contributed by atoms with E-state index in [2.05, 4.69) is 5.32 Å². The number of ether oxygens (including phenoxy) is 1. The fraction of sp³-hybridized carbons (Fsp3) is 0.235. The van der Waals surface area contributed by atoms with Crippen LogP contribution in [0.5, 0.6) is 11.5 Å². The Morgan fingerprint density at radius 3 is 2.48 bits per heavy atom. The third kappa shape index (κ3) is 4.87. The minimum Gasteiger partial charge on any atom is -0.506 e. The van der Waals surface area contributed by atoms with E-state index in [1.807, 2.05) is 0 Å². The summed E-state index contributed by atoms with van der Waals surface area (Å²) in [6, 6.07) is 10.2. The molecule has 134 valence electrons. The lowest BCUT2D eigenvalue weighted by atomic mass is 10.2. The second kappa shape index (κ2) is 7.76. The van der Waals surface area contributed by atoms with Crippen molar-refractivity contribution >= 4 is 33.0 Å². The summed E-state index contributed by atoms with van der Waals surface area (Å²) in [5, 5.41) is 12.9. The molecule has 2 N–H and O–H groups in total. The molecule has 0 saturated carbocycles. The summed E-state index contributed by atoms with van der Waals surface area (Å²) in [6.45, 7) is 3.05. The molecular weight excluding hydrogens is 366 g/mol. The Morgan fingerprint density at radius 1 is 1.24 bits per heavy atom. The van der Waals surface area contributed by atoms with Crippen LogP contribution in [0.2, 0.25) is 5.02 Å². The van der Waals surface area contributed by atoms with Crippen LogP contribution in [-0.2, 0) is 14.6 Å². The number of sulfone groups is 1. The first-order valence-corrected chi connectivity index (χ1v) is 9.55. The van der Waals surface area contributed by atoms with Crippen LogP contribution >= 0.6 is 11.6 Å². The van der Waals surface area contributed by atoms with E-state index in [4.69, 9.17) is 16.3 Å². The highest BCUT2D eigenvalue weighted by Crippen LogP contribution is 2.27. The Balaban J connectivity index is 2.14. The van der Waals surface area contributed by atoms with Gasteiger partial charge in [-0.2, -0.15) is 0 Å². The van der Waals surface area contributed by atoms with Crippen LogP contribution in [0.25, 0.3) is 0 Å². The maximum Gasteiger partial charge on any atom is 0.265 e. The van der Waals surface area contributed by atoms with Gasteiger partial charge in [-0.05, 0) is 49.4 Å². The fourth-order valence-electron chi connectivity index (χ4n) is 1.98. The van der Waals surface area contributed by atoms with E-state index in [1.165, 1.54) is 32.0 Å². The predicted octanol–water partition coefficient (Wildman–Crippen LogP) is 3.25. The van der Waals surface area contributed by atoms with Crippen molar-refractivity contribution in [2.24, 2.45) is 0 Å². The van der Waals surface area contributed by atoms with E-state index in [0.717, 1.165) is 0 Å². The first-order chi connectivity index (χ1) is 11.7. The van der Waals surface area contributed by atoms with Crippen LogP contribution in [0.4, 0.5) is 5.69 Å². The first kappa shape index (κ1) is 19.1. The van der Waals surface area contributed by atoms with Crippen LogP contribution in [-0.4, -0.2) is 31.3 Å². The van der Waals surface area contributed by atoms with Gasteiger partial charge in [0.05, 0.1) is 16.3 Å². The lowest BCUT2D eigenvalue weighted by Gasteiger charge is -2.16. The third-order valence-corrected chi connectivity index (χ3v) is 5.44. The molecule has 0 radical (unpaired) electrons. The molecule has 0 aliphatic carbocycles. The number of carbonyl (C=O) groups is 1. The largest absolute Gasteiger partial charge is 0.506 e. The average Bonchev–Trinajstić information content (AvgIpc) is 2.58. The normalized spacial score (nSPS) is 12.4. The number of benzene rings is 2. The van der Waals surface area contributed by atoms with E-state index in [1.54, 1.807) is 24.3 Å². The van der Waals surface area contributed by atoms with E-state index in [0.29, 0.717) is 10.8 Å². The number of nitrogens with one attached hydrogen (secondary N) is 1. The second-order valence-electron chi connectivity index (χ2n) is 5.29. The lowest BCUT2D eigenvalue weighted by molar-refractivity contribution is -0.122. The van der Waals surface area contributed by atoms with Gasteiger partial charge in [-0.15, -0.1) is 0 Å². The summed E-state index contributed by atoms with van der Waals surface area (Å²) in [4.78, 5) is 12.3. The molecule has 0 aliphatic rings. The number of rotatable bonds is 6. The SMILES string of the molecule is CCS(=O)(=O)c1ccc(O)c(NC(=O)C(C)Oc2ccc(Cl)cc2)c1. The van der Waals surface area contributed by atoms with E-state index in [-0.39, 0.29) is 22.1 Å². The molecule has 0 heterocycles. The summed E-state index contributed by atoms with van der Waals surface area (Å²) in [6.07, 6.45) is -0.869. The van der Waals surface area contributed by atoms with Crippen molar-refractivity contribution in [3.63, 3.8) is 0 Å². The van der Waals surface area contributed by atoms with Gasteiger partial charge in [0.25, 0.3) is 5.91 Å². The van der Waals surface area contributed by atoms with Gasteiger partial charge in [-0.1, -0.05) is 18.5 Å². The van der Waals surface area contributed by atoms with E-state index < -0.39 is 21.8 Å². The third-order valence-electron chi connectivity index (χ3n) is 3.46. The molecule has 25 heavy (non-hydrogen) atoms. The Kier molecular flexibility index (Phi) is 5.92. The van der Waals surface area contributed by atoms with Crippen molar-refractivity contribution in [2.45, 2.75) is 24.8 Å². The highest BCUT2D eigenvalue weighted by Gasteiger charge is 2.19. The fourth-order valence-corrected chi connectivity index (χ4v) is 3.01. The second-order valence-corrected chi connectivity index (χ2v) is 8.00. The minimum atomic E-state index is -3.45. The standard InChI is InChI=1S/C17H18ClNO5S/c1-3-25(22,23)14-8-9-16(20)15(10-14)19-17(21)11(2)24-13-6-4-12(18)5-7-13/h4-11,20H,3H2,1-2H3,(H,19,21). The Bertz CT molecular complexity index is 865. The lowest BCUT2D eigenvalue weighted by Crippen LogP contribution is -2.30. The van der Waals surface area contributed by atoms with Gasteiger partial charge in [-0.25, -0.2) is 8.42 Å². The highest BCUT2D eigenvalue weighted by molar-refractivity contribution is 7.91. The van der Waals surface area contributed by atoms with Crippen molar-refractivity contribution in [2.75, 3.05) is 11.1 Å². The molecule has 2 aromatic rings. The molecule has 1 amide bonds. The Morgan fingerprint density at radius 2 is 1.88 bits per heavy atom. The number of hydrogen-bond donors (Lipinski definition) is 2. The van der Waals surface area contributed by atoms with Gasteiger partial charge in [0.2, 0.25) is 0 Å². The van der Waals surface area contributed by atoms with Crippen molar-refractivity contribution in [1.82, 2.24) is 0 Å². The summed E-state index contributed by atoms with van der Waals surface area (Å²) < 4.78 is 29.3. The average molecular weight is 384 g/mol. The first-order valence-electron chi connectivity index (χ1n) is 7.52. The molecule has 0 saturated heterocycles. The Hall–Kier alpha value is -2.25. The number of phenolic OH excluding ortho intramolecular Hbond substituents is 1. The van der Waals surface area contributed by atoms with Crippen molar-refractivity contribution < 1.29 is 23.1 Å². The molecule has 0 aromatic heterocycles. The number of amides is 1. The van der Waals surface area contributed by atoms with E-state index >= 15 is 0 Å². The number of aromatic hydroxyl groups is 1. The number of hydrogen-bond acceptors (Lipinski definition) is 5. The summed E-state index contributed by atoms with van der Waals surface area (Å²) in [5.41, 5.74) is 0.00563. The highest BCUT2D eigenvalue weighted by atomic mass is 35.5. The number of halogens is 1. The maximum absolute atomic E-state index is 12.2. The zero-order valence-electron chi connectivity index (χ0n) is 13.7. The molecule has 6 nitrogen and oxygen atoms in total. The number of carbonyl (C=O) groups excluding carboxylic acids is 1. The summed E-state index contributed by atoms with van der Waals surface area (Å²) >= 11 is 5.79. The van der Waals surface area contributed by atoms with Gasteiger partial charge in [0, 0.05) is 5.02 Å². The zero-order chi connectivity index (χ0) is 18.6. The topological polar surface area (TPSA) is 92.7 Å². The van der Waals surface area contributed by atoms with Gasteiger partial charge >= 0.3 is 0 Å². The molecule has 0 bridgehead atoms. The Labute approximate surface area is 151 Å². The number of phenols is 1. The molecule has 2 rings (SSSR count). The monoisotopic (exact) mass is 383 g/mol. The van der Waals surface area contributed by atoms with Crippen molar-refractivity contribution in [1.29, 1.82) is 0 Å². The molecule has 1 atom stereocenters. The molecule has 0 spiro atoms. The van der Waals surface area contributed by atoms with Crippen LogP contribution in [0.3, 0.4) is 0 Å². The molecular formula is C17H18ClNO5S. The van der Waals surface area contributed by atoms with Gasteiger partial charge < -0.3 is 15.2 Å². The molecule has 0 fully saturated rings. The minimum absolute atomic E-state index is 0.00563. The van der Waals surface area contributed by atoms with Crippen LogP contribution < -0.4 is 10.1 Å².